The van der Waals surface area contributed by atoms with Gasteiger partial charge in [-0.3, -0.25) is 0 Å². The van der Waals surface area contributed by atoms with Crippen molar-refractivity contribution in [2.24, 2.45) is 5.73 Å². The van der Waals surface area contributed by atoms with Crippen LogP contribution in [0.25, 0.3) is 11.0 Å². The lowest BCUT2D eigenvalue weighted by molar-refractivity contribution is 0.521. The smallest absolute Gasteiger partial charge is 0.134 e. The molecule has 1 unspecified atom stereocenters. The Balaban J connectivity index is 2.10. The van der Waals surface area contributed by atoms with Crippen LogP contribution in [-0.4, -0.2) is 0 Å². The minimum Gasteiger partial charge on any atom is -0.459 e. The third kappa shape index (κ3) is 2.55. The highest BCUT2D eigenvalue weighted by Crippen LogP contribution is 2.33. The van der Waals surface area contributed by atoms with Crippen molar-refractivity contribution in [3.05, 3.63) is 68.9 Å². The molecule has 0 aliphatic carbocycles. The van der Waals surface area contributed by atoms with Crippen molar-refractivity contribution in [2.45, 2.75) is 19.9 Å². The van der Waals surface area contributed by atoms with Crippen LogP contribution in [0.1, 0.15) is 28.5 Å². The molecule has 1 aromatic heterocycles. The summed E-state index contributed by atoms with van der Waals surface area (Å²) in [5.74, 6) is 0.758. The molecule has 0 spiro atoms. The molecule has 0 aliphatic heterocycles. The third-order valence-electron chi connectivity index (χ3n) is 3.71. The van der Waals surface area contributed by atoms with Gasteiger partial charge in [-0.05, 0) is 43.7 Å². The van der Waals surface area contributed by atoms with Crippen LogP contribution in [0.5, 0.6) is 0 Å². The van der Waals surface area contributed by atoms with Gasteiger partial charge in [-0.15, -0.1) is 0 Å². The number of rotatable bonds is 2. The van der Waals surface area contributed by atoms with Crippen LogP contribution < -0.4 is 5.73 Å². The van der Waals surface area contributed by atoms with E-state index in [-0.39, 0.29) is 6.04 Å². The van der Waals surface area contributed by atoms with Crippen LogP contribution in [0.15, 0.2) is 40.8 Å². The van der Waals surface area contributed by atoms with Gasteiger partial charge in [-0.1, -0.05) is 40.9 Å². The molecule has 0 saturated carbocycles. The van der Waals surface area contributed by atoms with Gasteiger partial charge in [0, 0.05) is 10.9 Å². The number of fused-ring (bicyclic) bond motifs is 1. The summed E-state index contributed by atoms with van der Waals surface area (Å²) in [4.78, 5) is 0. The SMILES string of the molecule is Cc1ccc2oc(C(N)c3ccc(Cl)c(Cl)c3)c(C)c2c1. The average Bonchev–Trinajstić information content (AvgIpc) is 2.78. The summed E-state index contributed by atoms with van der Waals surface area (Å²) in [6, 6.07) is 11.2. The Kier molecular flexibility index (Phi) is 3.70. The van der Waals surface area contributed by atoms with Crippen molar-refractivity contribution < 1.29 is 4.42 Å². The number of benzene rings is 2. The first kappa shape index (κ1) is 14.5. The number of hydrogen-bond donors (Lipinski definition) is 1. The first-order chi connectivity index (χ1) is 9.97. The minimum absolute atomic E-state index is 0.368. The topological polar surface area (TPSA) is 39.2 Å². The summed E-state index contributed by atoms with van der Waals surface area (Å²) in [5, 5.41) is 2.11. The van der Waals surface area contributed by atoms with Gasteiger partial charge in [0.15, 0.2) is 0 Å². The van der Waals surface area contributed by atoms with E-state index in [0.717, 1.165) is 27.9 Å². The van der Waals surface area contributed by atoms with Crippen molar-refractivity contribution >= 4 is 34.2 Å². The van der Waals surface area contributed by atoms with Crippen LogP contribution in [0, 0.1) is 13.8 Å². The quantitative estimate of drug-likeness (QED) is 0.686. The Morgan fingerprint density at radius 2 is 1.76 bits per heavy atom. The van der Waals surface area contributed by atoms with Crippen molar-refractivity contribution in [3.63, 3.8) is 0 Å². The summed E-state index contributed by atoms with van der Waals surface area (Å²) in [7, 11) is 0. The fourth-order valence-corrected chi connectivity index (χ4v) is 2.81. The first-order valence-corrected chi connectivity index (χ1v) is 7.43. The zero-order valence-electron chi connectivity index (χ0n) is 11.8. The molecule has 108 valence electrons. The van der Waals surface area contributed by atoms with Gasteiger partial charge in [-0.2, -0.15) is 0 Å². The lowest BCUT2D eigenvalue weighted by atomic mass is 10.0. The van der Waals surface area contributed by atoms with Crippen LogP contribution in [-0.2, 0) is 0 Å². The van der Waals surface area contributed by atoms with Gasteiger partial charge in [-0.25, -0.2) is 0 Å². The summed E-state index contributed by atoms with van der Waals surface area (Å²) in [6.07, 6.45) is 0. The van der Waals surface area contributed by atoms with E-state index in [1.54, 1.807) is 12.1 Å². The number of halogens is 2. The molecular weight excluding hydrogens is 305 g/mol. The maximum atomic E-state index is 6.34. The van der Waals surface area contributed by atoms with Crippen molar-refractivity contribution in [1.82, 2.24) is 0 Å². The molecule has 2 N–H and O–H groups in total. The molecule has 3 rings (SSSR count). The fourth-order valence-electron chi connectivity index (χ4n) is 2.51. The molecule has 0 saturated heterocycles. The highest BCUT2D eigenvalue weighted by molar-refractivity contribution is 6.42. The van der Waals surface area contributed by atoms with E-state index >= 15 is 0 Å². The molecule has 4 heteroatoms. The van der Waals surface area contributed by atoms with Crippen LogP contribution in [0.2, 0.25) is 10.0 Å². The number of nitrogens with two attached hydrogens (primary N) is 1. The van der Waals surface area contributed by atoms with Gasteiger partial charge >= 0.3 is 0 Å². The molecule has 1 atom stereocenters. The second-order valence-corrected chi connectivity index (χ2v) is 6.06. The standard InChI is InChI=1S/C17H15Cl2NO/c1-9-3-6-15-12(7-9)10(2)17(21-15)16(20)11-4-5-13(18)14(19)8-11/h3-8,16H,20H2,1-2H3. The predicted molar refractivity (Wildman–Crippen MR) is 88.2 cm³/mol. The van der Waals surface area contributed by atoms with E-state index in [1.807, 2.05) is 25.1 Å². The van der Waals surface area contributed by atoms with E-state index in [2.05, 4.69) is 13.0 Å². The lowest BCUT2D eigenvalue weighted by Gasteiger charge is -2.11. The van der Waals surface area contributed by atoms with Crippen molar-refractivity contribution in [3.8, 4) is 0 Å². The summed E-state index contributed by atoms with van der Waals surface area (Å²) in [5.41, 5.74) is 10.3. The molecule has 21 heavy (non-hydrogen) atoms. The molecule has 2 aromatic carbocycles. The summed E-state index contributed by atoms with van der Waals surface area (Å²) >= 11 is 12.0. The molecule has 0 fully saturated rings. The second kappa shape index (κ2) is 5.38. The number of hydrogen-bond acceptors (Lipinski definition) is 2. The van der Waals surface area contributed by atoms with Crippen LogP contribution in [0.3, 0.4) is 0 Å². The van der Waals surface area contributed by atoms with Gasteiger partial charge in [0.2, 0.25) is 0 Å². The van der Waals surface area contributed by atoms with Crippen molar-refractivity contribution in [1.29, 1.82) is 0 Å². The highest BCUT2D eigenvalue weighted by Gasteiger charge is 2.19. The van der Waals surface area contributed by atoms with Gasteiger partial charge in [0.25, 0.3) is 0 Å². The molecule has 3 aromatic rings. The minimum atomic E-state index is -0.368. The van der Waals surface area contributed by atoms with Crippen LogP contribution >= 0.6 is 23.2 Å². The third-order valence-corrected chi connectivity index (χ3v) is 4.45. The van der Waals surface area contributed by atoms with Crippen LogP contribution in [0.4, 0.5) is 0 Å². The van der Waals surface area contributed by atoms with E-state index in [9.17, 15) is 0 Å². The van der Waals surface area contributed by atoms with Crippen molar-refractivity contribution in [2.75, 3.05) is 0 Å². The zero-order chi connectivity index (χ0) is 15.1. The van der Waals surface area contributed by atoms with E-state index in [4.69, 9.17) is 33.4 Å². The predicted octanol–water partition coefficient (Wildman–Crippen LogP) is 5.40. The number of furan rings is 1. The van der Waals surface area contributed by atoms with Gasteiger partial charge in [0.05, 0.1) is 16.1 Å². The summed E-state index contributed by atoms with van der Waals surface area (Å²) in [6.45, 7) is 4.09. The second-order valence-electron chi connectivity index (χ2n) is 5.24. The molecule has 0 aliphatic rings. The van der Waals surface area contributed by atoms with Gasteiger partial charge in [0.1, 0.15) is 11.3 Å². The Morgan fingerprint density at radius 1 is 1.00 bits per heavy atom. The molecule has 0 amide bonds. The molecule has 0 radical (unpaired) electrons. The molecule has 1 heterocycles. The van der Waals surface area contributed by atoms with E-state index < -0.39 is 0 Å². The zero-order valence-corrected chi connectivity index (χ0v) is 13.3. The maximum absolute atomic E-state index is 6.34. The number of aryl methyl sites for hydroxylation is 2. The Labute approximate surface area is 133 Å². The summed E-state index contributed by atoms with van der Waals surface area (Å²) < 4.78 is 5.94. The highest BCUT2D eigenvalue weighted by atomic mass is 35.5. The largest absolute Gasteiger partial charge is 0.459 e. The van der Waals surface area contributed by atoms with E-state index in [0.29, 0.717) is 10.0 Å². The average molecular weight is 320 g/mol. The Hall–Kier alpha value is -1.48. The van der Waals surface area contributed by atoms with Gasteiger partial charge < -0.3 is 10.2 Å². The fraction of sp³-hybridized carbons (Fsp3) is 0.176. The lowest BCUT2D eigenvalue weighted by Crippen LogP contribution is -2.12. The maximum Gasteiger partial charge on any atom is 0.134 e. The molecule has 0 bridgehead atoms. The van der Waals surface area contributed by atoms with E-state index in [1.165, 1.54) is 5.56 Å². The normalized spacial score (nSPS) is 12.8. The first-order valence-electron chi connectivity index (χ1n) is 6.67. The Morgan fingerprint density at radius 3 is 2.48 bits per heavy atom. The Bertz CT molecular complexity index is 823. The molecule has 2 nitrogen and oxygen atoms in total. The monoisotopic (exact) mass is 319 g/mol. The molecular formula is C17H15Cl2NO.